The van der Waals surface area contributed by atoms with E-state index in [2.05, 4.69) is 21.3 Å². The molecule has 9 nitrogen and oxygen atoms in total. The first kappa shape index (κ1) is 24.5. The smallest absolute Gasteiger partial charge is 0.251 e. The van der Waals surface area contributed by atoms with Crippen LogP contribution in [-0.2, 0) is 16.1 Å². The lowest BCUT2D eigenvalue weighted by Crippen LogP contribution is -2.25. The third kappa shape index (κ3) is 7.79. The van der Waals surface area contributed by atoms with Crippen LogP contribution in [0.1, 0.15) is 32.9 Å². The standard InChI is InChI=1S/C25H28N4O5/c1-33-12-5-11-26-24(31)18-6-2-8-20(14-18)27-17-23(30)29-21-9-3-7-19(15-21)25(32)28-16-22-10-4-13-34-22/h2-4,6-10,13-15,27H,5,11-12,16-17H2,1H3,(H,26,31)(H,28,32)(H,29,30). The molecule has 1 heterocycles. The molecule has 34 heavy (non-hydrogen) atoms. The van der Waals surface area contributed by atoms with Gasteiger partial charge in [0.2, 0.25) is 5.91 Å². The first-order valence-corrected chi connectivity index (χ1v) is 10.9. The fourth-order valence-corrected chi connectivity index (χ4v) is 3.10. The Morgan fingerprint density at radius 1 is 0.882 bits per heavy atom. The van der Waals surface area contributed by atoms with Crippen molar-refractivity contribution in [3.8, 4) is 0 Å². The van der Waals surface area contributed by atoms with Gasteiger partial charge in [0.1, 0.15) is 5.76 Å². The van der Waals surface area contributed by atoms with Gasteiger partial charge in [-0.2, -0.15) is 0 Å². The molecule has 4 N–H and O–H groups in total. The van der Waals surface area contributed by atoms with Crippen LogP contribution in [0.25, 0.3) is 0 Å². The van der Waals surface area contributed by atoms with E-state index in [0.29, 0.717) is 41.4 Å². The summed E-state index contributed by atoms with van der Waals surface area (Å²) in [5, 5.41) is 11.4. The zero-order chi connectivity index (χ0) is 24.2. The molecule has 3 aromatic rings. The van der Waals surface area contributed by atoms with Crippen molar-refractivity contribution < 1.29 is 23.5 Å². The summed E-state index contributed by atoms with van der Waals surface area (Å²) in [6, 6.07) is 17.1. The van der Waals surface area contributed by atoms with Crippen LogP contribution in [0.4, 0.5) is 11.4 Å². The molecule has 0 bridgehead atoms. The van der Waals surface area contributed by atoms with Gasteiger partial charge in [0.15, 0.2) is 0 Å². The van der Waals surface area contributed by atoms with E-state index >= 15 is 0 Å². The minimum absolute atomic E-state index is 0.00612. The Kier molecular flexibility index (Phi) is 9.24. The molecule has 0 fully saturated rings. The van der Waals surface area contributed by atoms with E-state index in [1.165, 1.54) is 0 Å². The van der Waals surface area contributed by atoms with Gasteiger partial charge in [-0.05, 0) is 55.0 Å². The number of ether oxygens (including phenoxy) is 1. The summed E-state index contributed by atoms with van der Waals surface area (Å²) < 4.78 is 10.2. The molecule has 3 amide bonds. The number of carbonyl (C=O) groups is 3. The topological polar surface area (TPSA) is 122 Å². The lowest BCUT2D eigenvalue weighted by atomic mass is 10.2. The normalized spacial score (nSPS) is 10.4. The fraction of sp³-hybridized carbons (Fsp3) is 0.240. The number of rotatable bonds is 12. The van der Waals surface area contributed by atoms with Crippen LogP contribution in [-0.4, -0.2) is 44.5 Å². The van der Waals surface area contributed by atoms with E-state index in [-0.39, 0.29) is 30.8 Å². The Morgan fingerprint density at radius 3 is 2.29 bits per heavy atom. The Morgan fingerprint density at radius 2 is 1.59 bits per heavy atom. The Balaban J connectivity index is 1.48. The van der Waals surface area contributed by atoms with Crippen LogP contribution in [0, 0.1) is 0 Å². The first-order valence-electron chi connectivity index (χ1n) is 10.9. The number of nitrogens with one attached hydrogen (secondary N) is 4. The highest BCUT2D eigenvalue weighted by Crippen LogP contribution is 2.13. The number of methoxy groups -OCH3 is 1. The van der Waals surface area contributed by atoms with Crippen molar-refractivity contribution in [2.75, 3.05) is 37.4 Å². The molecule has 0 atom stereocenters. The van der Waals surface area contributed by atoms with Crippen LogP contribution in [0.15, 0.2) is 71.3 Å². The summed E-state index contributed by atoms with van der Waals surface area (Å²) in [6.07, 6.45) is 2.27. The average molecular weight is 465 g/mol. The van der Waals surface area contributed by atoms with Crippen LogP contribution in [0.3, 0.4) is 0 Å². The van der Waals surface area contributed by atoms with Crippen LogP contribution in [0.2, 0.25) is 0 Å². The van der Waals surface area contributed by atoms with Crippen molar-refractivity contribution in [1.82, 2.24) is 10.6 Å². The maximum atomic E-state index is 12.4. The first-order chi connectivity index (χ1) is 16.5. The van der Waals surface area contributed by atoms with E-state index < -0.39 is 0 Å². The molecule has 0 spiro atoms. The van der Waals surface area contributed by atoms with E-state index in [1.54, 1.807) is 74.0 Å². The van der Waals surface area contributed by atoms with Crippen LogP contribution < -0.4 is 21.3 Å². The Hall–Kier alpha value is -4.11. The molecule has 0 aliphatic rings. The van der Waals surface area contributed by atoms with E-state index in [1.807, 2.05) is 0 Å². The highest BCUT2D eigenvalue weighted by atomic mass is 16.5. The second kappa shape index (κ2) is 12.8. The van der Waals surface area contributed by atoms with Crippen LogP contribution in [0.5, 0.6) is 0 Å². The number of amides is 3. The van der Waals surface area contributed by atoms with Gasteiger partial charge in [-0.25, -0.2) is 0 Å². The molecular weight excluding hydrogens is 436 g/mol. The second-order valence-corrected chi connectivity index (χ2v) is 7.43. The predicted molar refractivity (Wildman–Crippen MR) is 129 cm³/mol. The van der Waals surface area contributed by atoms with Gasteiger partial charge in [-0.15, -0.1) is 0 Å². The SMILES string of the molecule is COCCCNC(=O)c1cccc(NCC(=O)Nc2cccc(C(=O)NCc3ccco3)c2)c1. The quantitative estimate of drug-likeness (QED) is 0.306. The Bertz CT molecular complexity index is 1100. The highest BCUT2D eigenvalue weighted by Gasteiger charge is 2.10. The summed E-state index contributed by atoms with van der Waals surface area (Å²) in [7, 11) is 1.62. The third-order valence-electron chi connectivity index (χ3n) is 4.80. The summed E-state index contributed by atoms with van der Waals surface area (Å²) in [6.45, 7) is 1.37. The number of anilines is 2. The summed E-state index contributed by atoms with van der Waals surface area (Å²) >= 11 is 0. The maximum Gasteiger partial charge on any atom is 0.251 e. The maximum absolute atomic E-state index is 12.4. The summed E-state index contributed by atoms with van der Waals surface area (Å²) in [5.74, 6) is -0.103. The lowest BCUT2D eigenvalue weighted by Gasteiger charge is -2.10. The molecule has 2 aromatic carbocycles. The van der Waals surface area contributed by atoms with Gasteiger partial charge in [0.25, 0.3) is 11.8 Å². The molecule has 178 valence electrons. The molecule has 1 aromatic heterocycles. The molecule has 3 rings (SSSR count). The molecule has 0 aliphatic heterocycles. The molecule has 0 aliphatic carbocycles. The molecular formula is C25H28N4O5. The third-order valence-corrected chi connectivity index (χ3v) is 4.80. The Labute approximate surface area is 197 Å². The van der Waals surface area contributed by atoms with Crippen LogP contribution >= 0.6 is 0 Å². The molecule has 0 saturated carbocycles. The summed E-state index contributed by atoms with van der Waals surface area (Å²) in [5.41, 5.74) is 2.06. The van der Waals surface area contributed by atoms with Gasteiger partial charge in [-0.3, -0.25) is 14.4 Å². The zero-order valence-corrected chi connectivity index (χ0v) is 18.9. The molecule has 0 radical (unpaired) electrons. The van der Waals surface area contributed by atoms with Gasteiger partial charge in [0, 0.05) is 42.8 Å². The van der Waals surface area contributed by atoms with Crippen molar-refractivity contribution in [2.24, 2.45) is 0 Å². The van der Waals surface area contributed by atoms with E-state index in [9.17, 15) is 14.4 Å². The monoisotopic (exact) mass is 464 g/mol. The van der Waals surface area contributed by atoms with Gasteiger partial charge in [0.05, 0.1) is 19.4 Å². The molecule has 0 saturated heterocycles. The number of benzene rings is 2. The fourth-order valence-electron chi connectivity index (χ4n) is 3.10. The van der Waals surface area contributed by atoms with Crippen molar-refractivity contribution in [2.45, 2.75) is 13.0 Å². The van der Waals surface area contributed by atoms with Gasteiger partial charge >= 0.3 is 0 Å². The molecule has 0 unspecified atom stereocenters. The van der Waals surface area contributed by atoms with Gasteiger partial charge in [-0.1, -0.05) is 12.1 Å². The second-order valence-electron chi connectivity index (χ2n) is 7.43. The van der Waals surface area contributed by atoms with Crippen molar-refractivity contribution in [3.63, 3.8) is 0 Å². The zero-order valence-electron chi connectivity index (χ0n) is 18.9. The minimum atomic E-state index is -0.289. The van der Waals surface area contributed by atoms with Gasteiger partial charge < -0.3 is 30.4 Å². The largest absolute Gasteiger partial charge is 0.467 e. The average Bonchev–Trinajstić information content (AvgIpc) is 3.38. The lowest BCUT2D eigenvalue weighted by molar-refractivity contribution is -0.114. The van der Waals surface area contributed by atoms with E-state index in [0.717, 1.165) is 6.42 Å². The number of carbonyl (C=O) groups excluding carboxylic acids is 3. The number of furan rings is 1. The predicted octanol–water partition coefficient (Wildman–Crippen LogP) is 3.03. The number of hydrogen-bond donors (Lipinski definition) is 4. The minimum Gasteiger partial charge on any atom is -0.467 e. The van der Waals surface area contributed by atoms with E-state index in [4.69, 9.17) is 9.15 Å². The molecule has 9 heteroatoms. The highest BCUT2D eigenvalue weighted by molar-refractivity contribution is 5.98. The van der Waals surface area contributed by atoms with Crippen molar-refractivity contribution in [1.29, 1.82) is 0 Å². The number of hydrogen-bond acceptors (Lipinski definition) is 6. The summed E-state index contributed by atoms with van der Waals surface area (Å²) in [4.78, 5) is 37.0. The van der Waals surface area contributed by atoms with Crippen molar-refractivity contribution in [3.05, 3.63) is 83.8 Å². The van der Waals surface area contributed by atoms with Crippen molar-refractivity contribution >= 4 is 29.1 Å².